The largest absolute Gasteiger partial charge is 0.481 e. The fraction of sp³-hybridized carbons (Fsp3) is 0.500. The predicted molar refractivity (Wildman–Crippen MR) is 85.4 cm³/mol. The Kier molecular flexibility index (Phi) is 4.71. The standard InChI is InChI=1S/C16H20BrNO3/c1-10-7-12(17)8-11(2)14(10)18-13(19)9-16(15(20)21)5-3-4-6-16/h7-8H,3-6,9H2,1-2H3,(H,18,19)(H,20,21). The molecule has 0 aliphatic heterocycles. The smallest absolute Gasteiger partial charge is 0.310 e. The third kappa shape index (κ3) is 3.46. The quantitative estimate of drug-likeness (QED) is 0.858. The highest BCUT2D eigenvalue weighted by atomic mass is 79.9. The summed E-state index contributed by atoms with van der Waals surface area (Å²) >= 11 is 3.42. The second-order valence-corrected chi connectivity index (χ2v) is 6.85. The fourth-order valence-electron chi connectivity index (χ4n) is 3.12. The molecule has 114 valence electrons. The highest BCUT2D eigenvalue weighted by Crippen LogP contribution is 2.41. The van der Waals surface area contributed by atoms with Crippen LogP contribution in [0.3, 0.4) is 0 Å². The van der Waals surface area contributed by atoms with Crippen LogP contribution in [0.5, 0.6) is 0 Å². The molecule has 0 heterocycles. The monoisotopic (exact) mass is 353 g/mol. The number of halogens is 1. The van der Waals surface area contributed by atoms with Gasteiger partial charge in [-0.25, -0.2) is 0 Å². The van der Waals surface area contributed by atoms with Gasteiger partial charge in [-0.05, 0) is 49.9 Å². The Labute approximate surface area is 133 Å². The maximum absolute atomic E-state index is 12.3. The number of hydrogen-bond donors (Lipinski definition) is 2. The summed E-state index contributed by atoms with van der Waals surface area (Å²) in [7, 11) is 0. The van der Waals surface area contributed by atoms with Crippen LogP contribution in [0.4, 0.5) is 5.69 Å². The van der Waals surface area contributed by atoms with E-state index in [4.69, 9.17) is 0 Å². The molecule has 0 radical (unpaired) electrons. The van der Waals surface area contributed by atoms with Gasteiger partial charge in [0, 0.05) is 16.6 Å². The molecule has 1 aromatic carbocycles. The number of anilines is 1. The number of carboxylic acid groups (broad SMARTS) is 1. The zero-order chi connectivity index (χ0) is 15.6. The van der Waals surface area contributed by atoms with E-state index in [-0.39, 0.29) is 12.3 Å². The van der Waals surface area contributed by atoms with Crippen LogP contribution in [0, 0.1) is 19.3 Å². The van der Waals surface area contributed by atoms with E-state index in [1.165, 1.54) is 0 Å². The van der Waals surface area contributed by atoms with Gasteiger partial charge in [0.15, 0.2) is 0 Å². The first kappa shape index (κ1) is 16.0. The van der Waals surface area contributed by atoms with Crippen molar-refractivity contribution in [1.82, 2.24) is 0 Å². The number of rotatable bonds is 4. The van der Waals surface area contributed by atoms with Crippen molar-refractivity contribution < 1.29 is 14.7 Å². The molecule has 0 aromatic heterocycles. The molecule has 2 rings (SSSR count). The number of hydrogen-bond acceptors (Lipinski definition) is 2. The zero-order valence-corrected chi connectivity index (χ0v) is 13.9. The molecular formula is C16H20BrNO3. The van der Waals surface area contributed by atoms with Gasteiger partial charge in [0.2, 0.25) is 5.91 Å². The van der Waals surface area contributed by atoms with Gasteiger partial charge >= 0.3 is 5.97 Å². The van der Waals surface area contributed by atoms with Crippen LogP contribution in [-0.4, -0.2) is 17.0 Å². The fourth-order valence-corrected chi connectivity index (χ4v) is 3.80. The molecule has 0 saturated heterocycles. The van der Waals surface area contributed by atoms with Crippen molar-refractivity contribution in [3.8, 4) is 0 Å². The summed E-state index contributed by atoms with van der Waals surface area (Å²) in [5.74, 6) is -1.06. The number of benzene rings is 1. The molecule has 1 aliphatic rings. The molecule has 0 spiro atoms. The predicted octanol–water partition coefficient (Wildman–Crippen LogP) is 4.04. The summed E-state index contributed by atoms with van der Waals surface area (Å²) in [5, 5.41) is 12.3. The lowest BCUT2D eigenvalue weighted by Gasteiger charge is -2.23. The normalized spacial score (nSPS) is 16.7. The summed E-state index contributed by atoms with van der Waals surface area (Å²) < 4.78 is 0.966. The average molecular weight is 354 g/mol. The third-order valence-electron chi connectivity index (χ3n) is 4.28. The topological polar surface area (TPSA) is 66.4 Å². The molecule has 1 aromatic rings. The van der Waals surface area contributed by atoms with E-state index in [9.17, 15) is 14.7 Å². The van der Waals surface area contributed by atoms with Gasteiger partial charge in [-0.3, -0.25) is 9.59 Å². The molecule has 4 nitrogen and oxygen atoms in total. The first-order valence-electron chi connectivity index (χ1n) is 7.14. The minimum atomic E-state index is -0.874. The van der Waals surface area contributed by atoms with E-state index in [2.05, 4.69) is 21.2 Å². The number of aliphatic carboxylic acids is 1. The minimum absolute atomic E-state index is 0.0529. The summed E-state index contributed by atoms with van der Waals surface area (Å²) in [4.78, 5) is 23.8. The van der Waals surface area contributed by atoms with Gasteiger partial charge in [-0.15, -0.1) is 0 Å². The summed E-state index contributed by atoms with van der Waals surface area (Å²) in [6.07, 6.45) is 3.01. The van der Waals surface area contributed by atoms with Crippen LogP contribution in [0.2, 0.25) is 0 Å². The van der Waals surface area contributed by atoms with Crippen molar-refractivity contribution in [3.63, 3.8) is 0 Å². The third-order valence-corrected chi connectivity index (χ3v) is 4.73. The highest BCUT2D eigenvalue weighted by Gasteiger charge is 2.43. The van der Waals surface area contributed by atoms with E-state index in [1.54, 1.807) is 0 Å². The van der Waals surface area contributed by atoms with Crippen molar-refractivity contribution in [2.75, 3.05) is 5.32 Å². The van der Waals surface area contributed by atoms with Crippen LogP contribution in [0.1, 0.15) is 43.2 Å². The van der Waals surface area contributed by atoms with Crippen molar-refractivity contribution in [2.24, 2.45) is 5.41 Å². The first-order chi connectivity index (χ1) is 9.84. The molecule has 5 heteroatoms. The summed E-state index contributed by atoms with van der Waals surface area (Å²) in [5.41, 5.74) is 1.83. The molecular weight excluding hydrogens is 334 g/mol. The maximum Gasteiger partial charge on any atom is 0.310 e. The summed E-state index contributed by atoms with van der Waals surface area (Å²) in [6.45, 7) is 3.85. The maximum atomic E-state index is 12.3. The number of nitrogens with one attached hydrogen (secondary N) is 1. The van der Waals surface area contributed by atoms with Crippen LogP contribution in [-0.2, 0) is 9.59 Å². The molecule has 1 fully saturated rings. The van der Waals surface area contributed by atoms with Gasteiger partial charge < -0.3 is 10.4 Å². The molecule has 0 bridgehead atoms. The van der Waals surface area contributed by atoms with Crippen LogP contribution < -0.4 is 5.32 Å². The molecule has 0 atom stereocenters. The van der Waals surface area contributed by atoms with E-state index < -0.39 is 11.4 Å². The van der Waals surface area contributed by atoms with Crippen molar-refractivity contribution in [1.29, 1.82) is 0 Å². The zero-order valence-electron chi connectivity index (χ0n) is 12.3. The van der Waals surface area contributed by atoms with E-state index >= 15 is 0 Å². The van der Waals surface area contributed by atoms with Crippen molar-refractivity contribution >= 4 is 33.5 Å². The Balaban J connectivity index is 2.14. The van der Waals surface area contributed by atoms with Crippen LogP contribution in [0.15, 0.2) is 16.6 Å². The second-order valence-electron chi connectivity index (χ2n) is 5.93. The highest BCUT2D eigenvalue weighted by molar-refractivity contribution is 9.10. The molecule has 0 unspecified atom stereocenters. The number of carbonyl (C=O) groups is 2. The molecule has 1 aliphatic carbocycles. The average Bonchev–Trinajstić information content (AvgIpc) is 2.83. The van der Waals surface area contributed by atoms with E-state index in [0.717, 1.165) is 34.1 Å². The van der Waals surface area contributed by atoms with E-state index in [1.807, 2.05) is 26.0 Å². The molecule has 2 N–H and O–H groups in total. The molecule has 1 amide bonds. The second kappa shape index (κ2) is 6.18. The number of carbonyl (C=O) groups excluding carboxylic acids is 1. The lowest BCUT2D eigenvalue weighted by atomic mass is 9.82. The number of amides is 1. The Bertz CT molecular complexity index is 554. The van der Waals surface area contributed by atoms with Crippen molar-refractivity contribution in [3.05, 3.63) is 27.7 Å². The lowest BCUT2D eigenvalue weighted by Crippen LogP contribution is -2.33. The minimum Gasteiger partial charge on any atom is -0.481 e. The van der Waals surface area contributed by atoms with Gasteiger partial charge in [0.05, 0.1) is 5.41 Å². The summed E-state index contributed by atoms with van der Waals surface area (Å²) in [6, 6.07) is 3.87. The lowest BCUT2D eigenvalue weighted by molar-refractivity contribution is -0.150. The molecule has 21 heavy (non-hydrogen) atoms. The Hall–Kier alpha value is -1.36. The van der Waals surface area contributed by atoms with Gasteiger partial charge in [0.25, 0.3) is 0 Å². The van der Waals surface area contributed by atoms with Crippen molar-refractivity contribution in [2.45, 2.75) is 46.0 Å². The van der Waals surface area contributed by atoms with Crippen LogP contribution >= 0.6 is 15.9 Å². The Morgan fingerprint density at radius 1 is 1.24 bits per heavy atom. The number of carboxylic acids is 1. The van der Waals surface area contributed by atoms with Gasteiger partial charge in [-0.1, -0.05) is 28.8 Å². The number of aryl methyl sites for hydroxylation is 2. The Morgan fingerprint density at radius 3 is 2.24 bits per heavy atom. The molecule has 1 saturated carbocycles. The van der Waals surface area contributed by atoms with Gasteiger partial charge in [-0.2, -0.15) is 0 Å². The first-order valence-corrected chi connectivity index (χ1v) is 7.93. The van der Waals surface area contributed by atoms with Gasteiger partial charge in [0.1, 0.15) is 0 Å². The SMILES string of the molecule is Cc1cc(Br)cc(C)c1NC(=O)CC1(C(=O)O)CCCC1. The van der Waals surface area contributed by atoms with E-state index in [0.29, 0.717) is 12.8 Å². The Morgan fingerprint density at radius 2 is 1.76 bits per heavy atom. The van der Waals surface area contributed by atoms with Crippen LogP contribution in [0.25, 0.3) is 0 Å².